The molecular formula is C87H83Br3N6O19. The van der Waals surface area contributed by atoms with E-state index in [0.717, 1.165) is 50.6 Å². The van der Waals surface area contributed by atoms with E-state index in [0.29, 0.717) is 83.4 Å². The van der Waals surface area contributed by atoms with Crippen LogP contribution in [0.4, 0.5) is 0 Å². The van der Waals surface area contributed by atoms with Crippen molar-refractivity contribution in [2.45, 2.75) is 125 Å². The molecule has 3 saturated carbocycles. The number of pyridine rings is 3. The molecule has 22 rings (SSSR count). The molecule has 0 radical (unpaired) electrons. The molecule has 6 bridgehead atoms. The number of aliphatic hydroxyl groups excluding tert-OH is 3. The molecule has 2 amide bonds. The van der Waals surface area contributed by atoms with Gasteiger partial charge in [-0.05, 0) is 89.0 Å². The number of carboxylic acids is 1. The van der Waals surface area contributed by atoms with Crippen LogP contribution < -0.4 is 33.7 Å². The number of methoxy groups -OCH3 is 3. The van der Waals surface area contributed by atoms with Crippen molar-refractivity contribution >= 4 is 65.6 Å². The summed E-state index contributed by atoms with van der Waals surface area (Å²) in [6, 6.07) is 51.3. The molecule has 13 heterocycles. The van der Waals surface area contributed by atoms with Crippen LogP contribution in [0.5, 0.6) is 34.5 Å². The molecule has 3 aliphatic carbocycles. The van der Waals surface area contributed by atoms with E-state index in [9.17, 15) is 50.1 Å². The average molecular weight is 1760 g/mol. The SMILES string of the molecule is C1OC[C@H]2C[C@@H]1N2.COc1cncc2c1[C@]1(O)[C@H](O)[C@H](C(=O)N3[C@@H]4COC[C@H]3C4)[C@@H](c3ccccc3)[C@]1(c1ccc(Br)cc1)O2.COc1cncc2c1[C@]1(O)[C@H](O)[C@H](C(=O)N3[C@@H]4COC[C@H]3C4)[C@@H](c3ccccc3)[C@]1(c1ccc(Br)cc1)O2.COc1cncc2c1[C@]1(O)[C@H](O)[C@H](C(=O)O)[C@@H](c3ccccc3)[C@]1(c1ccc(Br)cc1)O2. The van der Waals surface area contributed by atoms with E-state index >= 15 is 0 Å². The van der Waals surface area contributed by atoms with Crippen molar-refractivity contribution in [3.8, 4) is 34.5 Å². The van der Waals surface area contributed by atoms with E-state index in [4.69, 9.17) is 42.6 Å². The smallest absolute Gasteiger partial charge is 0.310 e. The lowest BCUT2D eigenvalue weighted by Gasteiger charge is -2.53. The van der Waals surface area contributed by atoms with Crippen molar-refractivity contribution in [1.29, 1.82) is 0 Å². The first-order chi connectivity index (χ1) is 55.6. The minimum absolute atomic E-state index is 0.0319. The second-order valence-electron chi connectivity index (χ2n) is 31.4. The largest absolute Gasteiger partial charge is 0.495 e. The first-order valence-electron chi connectivity index (χ1n) is 38.3. The van der Waals surface area contributed by atoms with Gasteiger partial charge in [-0.25, -0.2) is 0 Å². The second kappa shape index (κ2) is 29.6. The van der Waals surface area contributed by atoms with Gasteiger partial charge in [0.1, 0.15) is 52.8 Å². The predicted octanol–water partition coefficient (Wildman–Crippen LogP) is 9.14. The third-order valence-electron chi connectivity index (χ3n) is 25.9. The Kier molecular flexibility index (Phi) is 19.9. The van der Waals surface area contributed by atoms with Crippen molar-refractivity contribution in [3.63, 3.8) is 0 Å². The summed E-state index contributed by atoms with van der Waals surface area (Å²) in [5.41, 5.74) is -6.08. The fraction of sp³-hybridized carbons (Fsp3) is 0.379. The van der Waals surface area contributed by atoms with Crippen LogP contribution in [0.15, 0.2) is 214 Å². The molecule has 0 unspecified atom stereocenters. The summed E-state index contributed by atoms with van der Waals surface area (Å²) in [6.07, 6.45) is 7.32. The summed E-state index contributed by atoms with van der Waals surface area (Å²) >= 11 is 10.4. The molecule has 28 heteroatoms. The molecule has 25 nitrogen and oxygen atoms in total. The summed E-state index contributed by atoms with van der Waals surface area (Å²) in [7, 11) is 4.39. The first kappa shape index (κ1) is 77.3. The quantitative estimate of drug-likeness (QED) is 0.0565. The predicted molar refractivity (Wildman–Crippen MR) is 423 cm³/mol. The fourth-order valence-corrected chi connectivity index (χ4v) is 21.9. The van der Waals surface area contributed by atoms with Crippen LogP contribution in [0.3, 0.4) is 0 Å². The second-order valence-corrected chi connectivity index (χ2v) is 34.1. The number of hydrogen-bond acceptors (Lipinski definition) is 22. The number of rotatable bonds is 12. The first-order valence-corrected chi connectivity index (χ1v) is 40.7. The molecule has 8 N–H and O–H groups in total. The maximum Gasteiger partial charge on any atom is 0.310 e. The molecule has 10 aliphatic heterocycles. The Morgan fingerprint density at radius 1 is 0.409 bits per heavy atom. The molecule has 0 spiro atoms. The Morgan fingerprint density at radius 2 is 0.687 bits per heavy atom. The number of aromatic nitrogens is 3. The number of ether oxygens (including phenoxy) is 9. The third kappa shape index (κ3) is 11.4. The van der Waals surface area contributed by atoms with E-state index in [1.165, 1.54) is 64.9 Å². The number of carbonyl (C=O) groups excluding carboxylic acids is 2. The zero-order valence-corrected chi connectivity index (χ0v) is 67.2. The fourth-order valence-electron chi connectivity index (χ4n) is 21.1. The van der Waals surface area contributed by atoms with Gasteiger partial charge in [0, 0.05) is 43.3 Å². The van der Waals surface area contributed by atoms with Crippen molar-refractivity contribution in [2.24, 2.45) is 17.8 Å². The van der Waals surface area contributed by atoms with Crippen molar-refractivity contribution in [1.82, 2.24) is 30.1 Å². The highest BCUT2D eigenvalue weighted by Crippen LogP contribution is 2.74. The van der Waals surface area contributed by atoms with Crippen LogP contribution in [0, 0.1) is 17.8 Å². The Labute approximate surface area is 686 Å². The van der Waals surface area contributed by atoms with Crippen LogP contribution in [0.25, 0.3) is 0 Å². The normalized spacial score (nSPS) is 34.2. The lowest BCUT2D eigenvalue weighted by atomic mass is 9.70. The number of aliphatic carboxylic acids is 1. The summed E-state index contributed by atoms with van der Waals surface area (Å²) in [4.78, 5) is 57.6. The van der Waals surface area contributed by atoms with Gasteiger partial charge in [0.05, 0.1) is 157 Å². The van der Waals surface area contributed by atoms with E-state index in [2.05, 4.69) is 68.1 Å². The number of fused-ring (bicyclic) bond motifs is 15. The Bertz CT molecular complexity index is 4930. The number of hydrogen-bond donors (Lipinski definition) is 8. The van der Waals surface area contributed by atoms with Gasteiger partial charge in [-0.3, -0.25) is 29.3 Å². The number of nitrogens with zero attached hydrogens (tertiary/aromatic N) is 5. The maximum atomic E-state index is 14.4. The summed E-state index contributed by atoms with van der Waals surface area (Å²) in [5, 5.41) is 87.5. The molecule has 21 atom stereocenters. The molecule has 13 aliphatic rings. The number of amides is 2. The number of benzene rings is 6. The Balaban J connectivity index is 0.000000115. The van der Waals surface area contributed by atoms with Gasteiger partial charge in [-0.1, -0.05) is 175 Å². The van der Waals surface area contributed by atoms with Crippen LogP contribution in [-0.4, -0.2) is 194 Å². The minimum atomic E-state index is -2.12. The maximum absolute atomic E-state index is 14.4. The van der Waals surface area contributed by atoms with Crippen molar-refractivity contribution in [3.05, 3.63) is 264 Å². The van der Waals surface area contributed by atoms with E-state index in [1.807, 2.05) is 125 Å². The lowest BCUT2D eigenvalue weighted by Crippen LogP contribution is -2.67. The molecule has 9 aromatic rings. The third-order valence-corrected chi connectivity index (χ3v) is 27.5. The molecule has 3 aromatic heterocycles. The lowest BCUT2D eigenvalue weighted by molar-refractivity contribution is -0.179. The summed E-state index contributed by atoms with van der Waals surface area (Å²) in [5.74, 6) is -5.67. The molecule has 115 heavy (non-hydrogen) atoms. The van der Waals surface area contributed by atoms with Crippen molar-refractivity contribution in [2.75, 3.05) is 61.0 Å². The molecule has 10 fully saturated rings. The monoisotopic (exact) mass is 1750 g/mol. The molecule has 596 valence electrons. The highest BCUT2D eigenvalue weighted by molar-refractivity contribution is 9.11. The van der Waals surface area contributed by atoms with Gasteiger partial charge in [0.25, 0.3) is 0 Å². The number of halogens is 3. The highest BCUT2D eigenvalue weighted by Gasteiger charge is 2.82. The average Bonchev–Trinajstić information content (AvgIpc) is 1.51. The zero-order chi connectivity index (χ0) is 79.8. The minimum Gasteiger partial charge on any atom is -0.495 e. The zero-order valence-electron chi connectivity index (χ0n) is 62.5. The molecule has 6 aromatic carbocycles. The van der Waals surface area contributed by atoms with E-state index < -0.39 is 93.4 Å². The van der Waals surface area contributed by atoms with Gasteiger partial charge in [0.15, 0.2) is 33.6 Å². The van der Waals surface area contributed by atoms with Gasteiger partial charge in [-0.2, -0.15) is 0 Å². The summed E-state index contributed by atoms with van der Waals surface area (Å²) in [6.45, 7) is 3.78. The Hall–Kier alpha value is -8.98. The number of nitrogens with one attached hydrogen (secondary N) is 1. The number of morpholine rings is 3. The highest BCUT2D eigenvalue weighted by atomic mass is 79.9. The number of carboxylic acid groups (broad SMARTS) is 1. The molecular weight excluding hydrogens is 1670 g/mol. The van der Waals surface area contributed by atoms with E-state index in [-0.39, 0.29) is 64.5 Å². The standard InChI is InChI=1S/2C29H27BrN2O6.C24H20BrNO6.C5H9NO/c2*1-36-21-12-31-13-22-25(21)28(35)26(33)23(27(34)32-19-11-20(32)15-37-14-19)24(16-5-3-2-4-6-16)29(28,38-22)17-7-9-18(30)10-8-17;1-31-16-11-26-12-17-20(16)23(30)21(27)18(22(28)29)19(13-5-3-2-4-6-13)24(23,32-17)14-7-9-15(25)10-8-14;1-4-2-7-3-5(1)6-4/h2*2-10,12-13,19-20,23-24,26,33,35H,11,14-15H2,1H3;2-12,18-19,21,27,30H,1H3,(H,28,29);4-6H,1-3H2/t2*19-,20+,23-,24-,26-,28+,29+;18-,19-,21-,23+,24+;4-,5+/m111./s1. The van der Waals surface area contributed by atoms with Crippen molar-refractivity contribution < 1.29 is 92.8 Å². The van der Waals surface area contributed by atoms with Crippen LogP contribution in [-0.2, 0) is 62.2 Å². The van der Waals surface area contributed by atoms with Gasteiger partial charge in [-0.15, -0.1) is 0 Å². The van der Waals surface area contributed by atoms with Gasteiger partial charge in [0.2, 0.25) is 11.8 Å². The Morgan fingerprint density at radius 3 is 0.939 bits per heavy atom. The molecule has 7 saturated heterocycles. The van der Waals surface area contributed by atoms with Gasteiger partial charge < -0.3 is 93.5 Å². The number of aliphatic hydroxyl groups is 6. The topological polar surface area (TPSA) is 333 Å². The summed E-state index contributed by atoms with van der Waals surface area (Å²) < 4.78 is 55.6. The number of carbonyl (C=O) groups is 3. The van der Waals surface area contributed by atoms with E-state index in [1.54, 1.807) is 48.5 Å². The van der Waals surface area contributed by atoms with Crippen LogP contribution >= 0.6 is 47.8 Å². The van der Waals surface area contributed by atoms with Crippen LogP contribution in [0.2, 0.25) is 0 Å². The van der Waals surface area contributed by atoms with Gasteiger partial charge >= 0.3 is 5.97 Å². The van der Waals surface area contributed by atoms with Crippen LogP contribution in [0.1, 0.15) is 87.1 Å².